The van der Waals surface area contributed by atoms with Crippen molar-refractivity contribution in [3.63, 3.8) is 0 Å². The van der Waals surface area contributed by atoms with Gasteiger partial charge in [0.25, 0.3) is 0 Å². The first-order valence-corrected chi connectivity index (χ1v) is 8.52. The van der Waals surface area contributed by atoms with Gasteiger partial charge in [-0.3, -0.25) is 18.2 Å². The van der Waals surface area contributed by atoms with Crippen LogP contribution in [-0.2, 0) is 58.9 Å². The largest absolute Gasteiger partial charge is 1.00 e. The van der Waals surface area contributed by atoms with E-state index >= 15 is 0 Å². The van der Waals surface area contributed by atoms with Gasteiger partial charge in [0.2, 0.25) is 0 Å². The van der Waals surface area contributed by atoms with Crippen LogP contribution < -0.4 is 29.6 Å². The first-order chi connectivity index (χ1) is 8.41. The normalized spacial score (nSPS) is 12.8. The van der Waals surface area contributed by atoms with E-state index in [9.17, 15) is 33.7 Å². The van der Waals surface area contributed by atoms with Crippen LogP contribution in [0.1, 0.15) is 1.43 Å². The summed E-state index contributed by atoms with van der Waals surface area (Å²) in [6, 6.07) is 0. The standard InChI is InChI=1S/Na.2H2O8S2.H/c;2*1-9(2,3)7-8-10(4,5)6;/h;2*(H,1,2,3)(H,4,5,6);/q+1;;;-1. The van der Waals surface area contributed by atoms with E-state index in [1.54, 1.807) is 0 Å². The summed E-state index contributed by atoms with van der Waals surface area (Å²) in [5.74, 6) is 0. The molecular formula is H5NaO16S4. The van der Waals surface area contributed by atoms with Crippen LogP contribution in [0.2, 0.25) is 0 Å². The van der Waals surface area contributed by atoms with Crippen molar-refractivity contribution < 1.29 is 100 Å². The smallest absolute Gasteiger partial charge is 1.00 e. The van der Waals surface area contributed by atoms with Crippen molar-refractivity contribution in [2.75, 3.05) is 0 Å². The summed E-state index contributed by atoms with van der Waals surface area (Å²) in [7, 11) is -20.1. The zero-order valence-corrected chi connectivity index (χ0v) is 14.6. The molecule has 0 heterocycles. The minimum absolute atomic E-state index is 0. The second-order valence-electron chi connectivity index (χ2n) is 1.98. The first kappa shape index (κ1) is 26.4. The summed E-state index contributed by atoms with van der Waals surface area (Å²) in [6.07, 6.45) is 0. The summed E-state index contributed by atoms with van der Waals surface area (Å²) in [4.78, 5) is 0. The zero-order valence-electron chi connectivity index (χ0n) is 10.3. The molecule has 0 aliphatic rings. The number of hydrogen-bond donors (Lipinski definition) is 4. The predicted octanol–water partition coefficient (Wildman–Crippen LogP) is -5.80. The van der Waals surface area contributed by atoms with Crippen LogP contribution in [0.5, 0.6) is 0 Å². The van der Waals surface area contributed by atoms with Crippen LogP contribution in [0.4, 0.5) is 0 Å². The van der Waals surface area contributed by atoms with Gasteiger partial charge in [0.1, 0.15) is 0 Å². The van der Waals surface area contributed by atoms with E-state index in [1.165, 1.54) is 0 Å². The quantitative estimate of drug-likeness (QED) is 0.137. The van der Waals surface area contributed by atoms with Crippen LogP contribution in [0.15, 0.2) is 0 Å². The molecule has 126 valence electrons. The van der Waals surface area contributed by atoms with Gasteiger partial charge >= 0.3 is 71.2 Å². The summed E-state index contributed by atoms with van der Waals surface area (Å²) >= 11 is 0. The molecule has 0 aromatic heterocycles. The Morgan fingerprint density at radius 3 is 0.619 bits per heavy atom. The molecule has 0 aliphatic heterocycles. The average molecular weight is 412 g/mol. The Hall–Kier alpha value is 0.480. The first-order valence-electron chi connectivity index (χ1n) is 3.06. The van der Waals surface area contributed by atoms with E-state index in [2.05, 4.69) is 17.3 Å². The van der Waals surface area contributed by atoms with Crippen LogP contribution in [0.3, 0.4) is 0 Å². The van der Waals surface area contributed by atoms with Crippen molar-refractivity contribution in [3.05, 3.63) is 0 Å². The minimum Gasteiger partial charge on any atom is -1.00 e. The third kappa shape index (κ3) is 33.4. The van der Waals surface area contributed by atoms with Gasteiger partial charge < -0.3 is 1.43 Å². The fraction of sp³-hybridized carbons (Fsp3) is 0. The van der Waals surface area contributed by atoms with E-state index < -0.39 is 41.6 Å². The van der Waals surface area contributed by atoms with Gasteiger partial charge in [-0.2, -0.15) is 33.7 Å². The van der Waals surface area contributed by atoms with Crippen LogP contribution in [-0.4, -0.2) is 51.9 Å². The molecule has 0 bridgehead atoms. The summed E-state index contributed by atoms with van der Waals surface area (Å²) in [5, 5.41) is 0. The molecule has 4 N–H and O–H groups in total. The second kappa shape index (κ2) is 9.58. The molecule has 0 fully saturated rings. The third-order valence-corrected chi connectivity index (χ3v) is 1.53. The maximum atomic E-state index is 9.51. The maximum Gasteiger partial charge on any atom is 1.00 e. The van der Waals surface area contributed by atoms with Crippen LogP contribution >= 0.6 is 0 Å². The molecule has 0 saturated heterocycles. The maximum absolute atomic E-state index is 9.51. The Morgan fingerprint density at radius 2 is 0.571 bits per heavy atom. The predicted molar refractivity (Wildman–Crippen MR) is 51.6 cm³/mol. The Morgan fingerprint density at radius 1 is 0.476 bits per heavy atom. The number of hydrogen-bond acceptors (Lipinski definition) is 12. The van der Waals surface area contributed by atoms with E-state index in [1.807, 2.05) is 0 Å². The molecule has 21 heavy (non-hydrogen) atoms. The summed E-state index contributed by atoms with van der Waals surface area (Å²) < 4.78 is 118. The van der Waals surface area contributed by atoms with Crippen molar-refractivity contribution in [1.29, 1.82) is 0 Å². The Labute approximate surface area is 141 Å². The van der Waals surface area contributed by atoms with Gasteiger partial charge in [0.15, 0.2) is 0 Å². The van der Waals surface area contributed by atoms with Gasteiger partial charge in [-0.05, 0) is 0 Å². The van der Waals surface area contributed by atoms with Crippen molar-refractivity contribution in [3.8, 4) is 0 Å². The summed E-state index contributed by atoms with van der Waals surface area (Å²) in [5.41, 5.74) is 0. The van der Waals surface area contributed by atoms with Gasteiger partial charge in [-0.1, -0.05) is 17.3 Å². The van der Waals surface area contributed by atoms with Crippen LogP contribution in [0.25, 0.3) is 0 Å². The van der Waals surface area contributed by atoms with Crippen LogP contribution in [0, 0.1) is 0 Å². The van der Waals surface area contributed by atoms with Crippen molar-refractivity contribution in [1.82, 2.24) is 0 Å². The molecule has 0 saturated carbocycles. The topological polar surface area (TPSA) is 254 Å². The molecule has 0 atom stereocenters. The monoisotopic (exact) mass is 412 g/mol. The average Bonchev–Trinajstić information content (AvgIpc) is 2.09. The zero-order chi connectivity index (χ0) is 16.8. The molecule has 0 amide bonds. The van der Waals surface area contributed by atoms with Gasteiger partial charge in [0.05, 0.1) is 0 Å². The van der Waals surface area contributed by atoms with E-state index in [4.69, 9.17) is 18.2 Å². The van der Waals surface area contributed by atoms with Gasteiger partial charge in [-0.25, -0.2) is 0 Å². The SMILES string of the molecule is O=S(=O)(O)OOS(=O)(=O)O.O=S(=O)(O)OOS(=O)(=O)O.[H-].[Na+]. The molecule has 0 radical (unpaired) electrons. The van der Waals surface area contributed by atoms with Crippen molar-refractivity contribution in [2.45, 2.75) is 0 Å². The molecule has 21 heteroatoms. The molecule has 0 unspecified atom stereocenters. The van der Waals surface area contributed by atoms with Crippen molar-refractivity contribution >= 4 is 41.6 Å². The Bertz CT molecular complexity index is 562. The van der Waals surface area contributed by atoms with Crippen molar-refractivity contribution in [2.24, 2.45) is 0 Å². The molecule has 0 aromatic rings. The molecule has 0 aliphatic carbocycles. The van der Waals surface area contributed by atoms with Gasteiger partial charge in [0, 0.05) is 0 Å². The van der Waals surface area contributed by atoms with E-state index in [0.29, 0.717) is 0 Å². The molecule has 0 aromatic carbocycles. The van der Waals surface area contributed by atoms with Gasteiger partial charge in [-0.15, -0.1) is 0 Å². The number of rotatable bonds is 6. The van der Waals surface area contributed by atoms with E-state index in [0.717, 1.165) is 0 Å². The fourth-order valence-corrected chi connectivity index (χ4v) is 1.26. The molecule has 0 spiro atoms. The Kier molecular flexibility index (Phi) is 12.0. The van der Waals surface area contributed by atoms with E-state index in [-0.39, 0.29) is 31.0 Å². The third-order valence-electron chi connectivity index (χ3n) is 0.399. The Balaban J connectivity index is -0.000000135. The minimum atomic E-state index is -5.02. The molecule has 16 nitrogen and oxygen atoms in total. The fourth-order valence-electron chi connectivity index (χ4n) is 0.140. The second-order valence-corrected chi connectivity index (χ2v) is 5.95. The summed E-state index contributed by atoms with van der Waals surface area (Å²) in [6.45, 7) is 0. The molecular weight excluding hydrogens is 407 g/mol. The molecule has 0 rings (SSSR count).